The van der Waals surface area contributed by atoms with Crippen LogP contribution in [0.15, 0.2) is 42.7 Å². The maximum Gasteiger partial charge on any atom is 0.271 e. The lowest BCUT2D eigenvalue weighted by molar-refractivity contribution is -0.121. The molecular formula is C20H23N7O2. The number of nitrogens with one attached hydrogen (secondary N) is 2. The van der Waals surface area contributed by atoms with Crippen molar-refractivity contribution in [2.24, 2.45) is 17.4 Å². The van der Waals surface area contributed by atoms with Crippen LogP contribution in [0.1, 0.15) is 30.8 Å². The third-order valence-corrected chi connectivity index (χ3v) is 4.45. The lowest BCUT2D eigenvalue weighted by atomic mass is 10.0. The number of benzene rings is 1. The minimum absolute atomic E-state index is 0.0156. The van der Waals surface area contributed by atoms with Gasteiger partial charge in [-0.25, -0.2) is 9.97 Å². The molecule has 2 aromatic heterocycles. The lowest BCUT2D eigenvalue weighted by Crippen LogP contribution is -2.27. The molecule has 6 N–H and O–H groups in total. The van der Waals surface area contributed by atoms with Gasteiger partial charge in [0, 0.05) is 17.3 Å². The quantitative estimate of drug-likeness (QED) is 0.458. The van der Waals surface area contributed by atoms with Crippen molar-refractivity contribution in [1.82, 2.24) is 15.0 Å². The third kappa shape index (κ3) is 4.95. The second-order valence-corrected chi connectivity index (χ2v) is 6.94. The fourth-order valence-electron chi connectivity index (χ4n) is 2.96. The first-order valence-corrected chi connectivity index (χ1v) is 9.18. The second-order valence-electron chi connectivity index (χ2n) is 6.94. The number of rotatable bonds is 8. The summed E-state index contributed by atoms with van der Waals surface area (Å²) in [6.07, 6.45) is 3.60. The molecule has 9 heteroatoms. The molecule has 2 amide bonds. The number of pyridine rings is 1. The van der Waals surface area contributed by atoms with Crippen molar-refractivity contribution in [1.29, 1.82) is 0 Å². The summed E-state index contributed by atoms with van der Waals surface area (Å²) in [5.41, 5.74) is 12.3. The molecular weight excluding hydrogens is 370 g/mol. The highest BCUT2D eigenvalue weighted by Crippen LogP contribution is 2.22. The molecule has 0 fully saturated rings. The first-order valence-electron chi connectivity index (χ1n) is 9.18. The Morgan fingerprint density at radius 2 is 1.86 bits per heavy atom. The average Bonchev–Trinajstić information content (AvgIpc) is 2.67. The van der Waals surface area contributed by atoms with Gasteiger partial charge >= 0.3 is 0 Å². The molecule has 2 heterocycles. The Morgan fingerprint density at radius 3 is 2.59 bits per heavy atom. The summed E-state index contributed by atoms with van der Waals surface area (Å²) < 4.78 is 0. The van der Waals surface area contributed by atoms with E-state index in [0.29, 0.717) is 17.9 Å². The summed E-state index contributed by atoms with van der Waals surface area (Å²) in [5.74, 6) is -0.683. The normalized spacial score (nSPS) is 12.9. The molecule has 29 heavy (non-hydrogen) atoms. The Bertz CT molecular complexity index is 1050. The van der Waals surface area contributed by atoms with E-state index in [2.05, 4.69) is 25.6 Å². The highest BCUT2D eigenvalue weighted by molar-refractivity contribution is 5.96. The van der Waals surface area contributed by atoms with Gasteiger partial charge in [0.25, 0.3) is 5.91 Å². The summed E-state index contributed by atoms with van der Waals surface area (Å²) in [4.78, 5) is 36.0. The van der Waals surface area contributed by atoms with Gasteiger partial charge < -0.3 is 22.1 Å². The fourth-order valence-corrected chi connectivity index (χ4v) is 2.96. The van der Waals surface area contributed by atoms with Gasteiger partial charge in [0.1, 0.15) is 5.82 Å². The van der Waals surface area contributed by atoms with Gasteiger partial charge in [-0.2, -0.15) is 0 Å². The second kappa shape index (κ2) is 8.51. The molecule has 0 spiro atoms. The number of carbonyl (C=O) groups is 2. The molecule has 0 saturated heterocycles. The molecule has 0 aliphatic rings. The van der Waals surface area contributed by atoms with E-state index in [1.165, 1.54) is 6.20 Å². The van der Waals surface area contributed by atoms with Gasteiger partial charge in [0.05, 0.1) is 23.6 Å². The summed E-state index contributed by atoms with van der Waals surface area (Å²) in [5, 5.41) is 7.17. The zero-order valence-electron chi connectivity index (χ0n) is 16.2. The van der Waals surface area contributed by atoms with E-state index in [9.17, 15) is 9.59 Å². The number of aromatic nitrogens is 3. The smallest absolute Gasteiger partial charge is 0.271 e. The Labute approximate surface area is 167 Å². The van der Waals surface area contributed by atoms with E-state index in [-0.39, 0.29) is 29.4 Å². The van der Waals surface area contributed by atoms with Crippen molar-refractivity contribution in [3.05, 3.63) is 48.4 Å². The lowest BCUT2D eigenvalue weighted by Gasteiger charge is -2.18. The minimum Gasteiger partial charge on any atom is -0.369 e. The van der Waals surface area contributed by atoms with Crippen LogP contribution in [0.5, 0.6) is 0 Å². The number of anilines is 3. The van der Waals surface area contributed by atoms with Crippen LogP contribution in [0.4, 0.5) is 17.3 Å². The van der Waals surface area contributed by atoms with Gasteiger partial charge in [-0.1, -0.05) is 25.1 Å². The van der Waals surface area contributed by atoms with Crippen LogP contribution >= 0.6 is 0 Å². The molecule has 9 nitrogen and oxygen atoms in total. The maximum atomic E-state index is 11.8. The fraction of sp³-hybridized carbons (Fsp3) is 0.250. The van der Waals surface area contributed by atoms with E-state index >= 15 is 0 Å². The highest BCUT2D eigenvalue weighted by atomic mass is 16.1. The SMILES string of the molecule is CC(CC(C)C(N)=O)Nc1cnc(C(N)=O)c(Nc2cnc3ccccc3c2)n1. The molecule has 0 aliphatic heterocycles. The molecule has 3 rings (SSSR count). The summed E-state index contributed by atoms with van der Waals surface area (Å²) in [6, 6.07) is 9.49. The van der Waals surface area contributed by atoms with Crippen LogP contribution in [-0.4, -0.2) is 32.8 Å². The Morgan fingerprint density at radius 1 is 1.10 bits per heavy atom. The van der Waals surface area contributed by atoms with Crippen molar-refractivity contribution in [2.45, 2.75) is 26.3 Å². The molecule has 0 bridgehead atoms. The van der Waals surface area contributed by atoms with Crippen molar-refractivity contribution >= 4 is 40.0 Å². The number of amides is 2. The number of hydrogen-bond acceptors (Lipinski definition) is 7. The van der Waals surface area contributed by atoms with Crippen LogP contribution in [0.25, 0.3) is 10.9 Å². The molecule has 150 valence electrons. The van der Waals surface area contributed by atoms with Crippen LogP contribution in [-0.2, 0) is 4.79 Å². The number of para-hydroxylation sites is 1. The van der Waals surface area contributed by atoms with Crippen LogP contribution in [0.2, 0.25) is 0 Å². The Kier molecular flexibility index (Phi) is 5.87. The monoisotopic (exact) mass is 393 g/mol. The van der Waals surface area contributed by atoms with Gasteiger partial charge in [0.15, 0.2) is 11.5 Å². The van der Waals surface area contributed by atoms with E-state index in [0.717, 1.165) is 10.9 Å². The molecule has 0 aliphatic carbocycles. The molecule has 2 atom stereocenters. The molecule has 0 radical (unpaired) electrons. The summed E-state index contributed by atoms with van der Waals surface area (Å²) >= 11 is 0. The van der Waals surface area contributed by atoms with E-state index in [4.69, 9.17) is 11.5 Å². The van der Waals surface area contributed by atoms with Crippen LogP contribution in [0.3, 0.4) is 0 Å². The predicted molar refractivity (Wildman–Crippen MR) is 112 cm³/mol. The van der Waals surface area contributed by atoms with E-state index in [1.54, 1.807) is 13.1 Å². The zero-order valence-corrected chi connectivity index (χ0v) is 16.2. The Balaban J connectivity index is 1.84. The van der Waals surface area contributed by atoms with Crippen molar-refractivity contribution in [2.75, 3.05) is 10.6 Å². The van der Waals surface area contributed by atoms with Gasteiger partial charge in [-0.05, 0) is 25.5 Å². The standard InChI is InChI=1S/C20H23N7O2/c1-11(18(21)28)7-12(2)25-16-10-24-17(19(22)29)20(27-16)26-14-8-13-5-3-4-6-15(13)23-9-14/h3-6,8-12H,7H2,1-2H3,(H2,21,28)(H2,22,29)(H2,25,26,27). The number of nitrogens with two attached hydrogens (primary N) is 2. The van der Waals surface area contributed by atoms with Crippen LogP contribution < -0.4 is 22.1 Å². The summed E-state index contributed by atoms with van der Waals surface area (Å²) in [7, 11) is 0. The third-order valence-electron chi connectivity index (χ3n) is 4.45. The average molecular weight is 393 g/mol. The first kappa shape index (κ1) is 20.0. The predicted octanol–water partition coefficient (Wildman–Crippen LogP) is 2.18. The molecule has 1 aromatic carbocycles. The zero-order chi connectivity index (χ0) is 21.0. The van der Waals surface area contributed by atoms with E-state index in [1.807, 2.05) is 37.3 Å². The largest absolute Gasteiger partial charge is 0.369 e. The number of carbonyl (C=O) groups excluding carboxylic acids is 2. The number of primary amides is 2. The molecule has 0 saturated carbocycles. The van der Waals surface area contributed by atoms with Crippen molar-refractivity contribution in [3.63, 3.8) is 0 Å². The number of nitrogens with zero attached hydrogens (tertiary/aromatic N) is 3. The van der Waals surface area contributed by atoms with E-state index < -0.39 is 5.91 Å². The van der Waals surface area contributed by atoms with Crippen molar-refractivity contribution < 1.29 is 9.59 Å². The van der Waals surface area contributed by atoms with Crippen LogP contribution in [0, 0.1) is 5.92 Å². The topological polar surface area (TPSA) is 149 Å². The maximum absolute atomic E-state index is 11.8. The van der Waals surface area contributed by atoms with Gasteiger partial charge in [-0.3, -0.25) is 14.6 Å². The summed E-state index contributed by atoms with van der Waals surface area (Å²) in [6.45, 7) is 3.67. The number of fused-ring (bicyclic) bond motifs is 1. The molecule has 3 aromatic rings. The first-order chi connectivity index (χ1) is 13.8. The van der Waals surface area contributed by atoms with Crippen molar-refractivity contribution in [3.8, 4) is 0 Å². The minimum atomic E-state index is -0.698. The van der Waals surface area contributed by atoms with Gasteiger partial charge in [0.2, 0.25) is 5.91 Å². The highest BCUT2D eigenvalue weighted by Gasteiger charge is 2.17. The molecule has 2 unspecified atom stereocenters. The Hall–Kier alpha value is -3.75. The number of hydrogen-bond donors (Lipinski definition) is 4. The van der Waals surface area contributed by atoms with Gasteiger partial charge in [-0.15, -0.1) is 0 Å².